The van der Waals surface area contributed by atoms with Gasteiger partial charge in [-0.1, -0.05) is 66.5 Å². The number of hydrogen-bond donors (Lipinski definition) is 0. The summed E-state index contributed by atoms with van der Waals surface area (Å²) in [6, 6.07) is 13.2. The molecule has 25 heavy (non-hydrogen) atoms. The summed E-state index contributed by atoms with van der Waals surface area (Å²) in [4.78, 5) is 12.0. The van der Waals surface area contributed by atoms with Gasteiger partial charge >= 0.3 is 0 Å². The Morgan fingerprint density at radius 1 is 1.08 bits per heavy atom. The van der Waals surface area contributed by atoms with Gasteiger partial charge in [0.2, 0.25) is 0 Å². The first-order valence-electron chi connectivity index (χ1n) is 8.10. The van der Waals surface area contributed by atoms with Crippen molar-refractivity contribution in [1.29, 1.82) is 0 Å². The molecule has 0 aromatic heterocycles. The number of benzene rings is 2. The zero-order chi connectivity index (χ0) is 17.8. The summed E-state index contributed by atoms with van der Waals surface area (Å²) >= 11 is 12.1. The van der Waals surface area contributed by atoms with E-state index in [-0.39, 0.29) is 5.78 Å². The SMILES string of the molecule is CC1C=CC(=O)C(Cc2cccc(COc3cc(Cl)ccc3Cl)c2)=C1. The Balaban J connectivity index is 1.69. The van der Waals surface area contributed by atoms with E-state index in [9.17, 15) is 4.79 Å². The molecule has 1 atom stereocenters. The lowest BCUT2D eigenvalue weighted by Crippen LogP contribution is -2.09. The Kier molecular flexibility index (Phi) is 5.62. The van der Waals surface area contributed by atoms with Crippen molar-refractivity contribution in [2.45, 2.75) is 20.0 Å². The first-order valence-corrected chi connectivity index (χ1v) is 8.86. The van der Waals surface area contributed by atoms with Gasteiger partial charge in [-0.15, -0.1) is 0 Å². The van der Waals surface area contributed by atoms with Crippen LogP contribution in [0, 0.1) is 5.92 Å². The fraction of sp³-hybridized carbons (Fsp3) is 0.190. The lowest BCUT2D eigenvalue weighted by atomic mass is 9.92. The molecule has 2 aromatic rings. The summed E-state index contributed by atoms with van der Waals surface area (Å²) in [6.07, 6.45) is 6.23. The minimum absolute atomic E-state index is 0.0884. The van der Waals surface area contributed by atoms with E-state index in [1.165, 1.54) is 0 Å². The molecule has 0 aliphatic heterocycles. The molecule has 128 valence electrons. The molecule has 0 spiro atoms. The van der Waals surface area contributed by atoms with E-state index in [0.29, 0.717) is 34.7 Å². The topological polar surface area (TPSA) is 26.3 Å². The van der Waals surface area contributed by atoms with Crippen molar-refractivity contribution in [3.05, 3.63) is 87.4 Å². The van der Waals surface area contributed by atoms with Crippen LogP contribution >= 0.6 is 23.2 Å². The Hall–Kier alpha value is -2.03. The molecule has 0 bridgehead atoms. The fourth-order valence-corrected chi connectivity index (χ4v) is 3.08. The summed E-state index contributed by atoms with van der Waals surface area (Å²) in [7, 11) is 0. The van der Waals surface area contributed by atoms with Gasteiger partial charge in [0.25, 0.3) is 0 Å². The molecule has 1 unspecified atom stereocenters. The summed E-state index contributed by atoms with van der Waals surface area (Å²) in [5.41, 5.74) is 2.94. The number of carbonyl (C=O) groups excluding carboxylic acids is 1. The predicted octanol–water partition coefficient (Wildman–Crippen LogP) is 5.82. The average Bonchev–Trinajstić information content (AvgIpc) is 2.59. The molecule has 0 radical (unpaired) electrons. The van der Waals surface area contributed by atoms with Crippen molar-refractivity contribution in [3.63, 3.8) is 0 Å². The van der Waals surface area contributed by atoms with Crippen LogP contribution in [-0.4, -0.2) is 5.78 Å². The second kappa shape index (κ2) is 7.90. The van der Waals surface area contributed by atoms with Gasteiger partial charge < -0.3 is 4.74 Å². The lowest BCUT2D eigenvalue weighted by Gasteiger charge is -2.13. The van der Waals surface area contributed by atoms with E-state index >= 15 is 0 Å². The minimum atomic E-state index is 0.0884. The summed E-state index contributed by atoms with van der Waals surface area (Å²) < 4.78 is 5.78. The van der Waals surface area contributed by atoms with Crippen molar-refractivity contribution in [2.24, 2.45) is 5.92 Å². The third-order valence-corrected chi connectivity index (χ3v) is 4.55. The van der Waals surface area contributed by atoms with Crippen molar-refractivity contribution in [1.82, 2.24) is 0 Å². The standard InChI is InChI=1S/C21H18Cl2O2/c1-14-5-8-20(24)17(9-14)11-15-3-2-4-16(10-15)13-25-21-12-18(22)6-7-19(21)23/h2-10,12,14H,11,13H2,1H3. The zero-order valence-corrected chi connectivity index (χ0v) is 15.3. The predicted molar refractivity (Wildman–Crippen MR) is 102 cm³/mol. The van der Waals surface area contributed by atoms with Crippen molar-refractivity contribution in [3.8, 4) is 5.75 Å². The maximum Gasteiger partial charge on any atom is 0.181 e. The number of hydrogen-bond acceptors (Lipinski definition) is 2. The molecule has 0 fully saturated rings. The van der Waals surface area contributed by atoms with Crippen molar-refractivity contribution in [2.75, 3.05) is 0 Å². The van der Waals surface area contributed by atoms with E-state index < -0.39 is 0 Å². The molecule has 2 nitrogen and oxygen atoms in total. The van der Waals surface area contributed by atoms with Crippen LogP contribution in [0.1, 0.15) is 18.1 Å². The van der Waals surface area contributed by atoms with Gasteiger partial charge in [-0.05, 0) is 35.3 Å². The van der Waals surface area contributed by atoms with E-state index in [0.717, 1.165) is 16.7 Å². The molecule has 2 aromatic carbocycles. The first-order chi connectivity index (χ1) is 12.0. The zero-order valence-electron chi connectivity index (χ0n) is 13.8. The van der Waals surface area contributed by atoms with E-state index in [2.05, 4.69) is 13.0 Å². The number of ketones is 1. The number of rotatable bonds is 5. The van der Waals surface area contributed by atoms with Gasteiger partial charge in [-0.3, -0.25) is 4.79 Å². The Morgan fingerprint density at radius 3 is 2.72 bits per heavy atom. The molecule has 0 saturated carbocycles. The number of ether oxygens (including phenoxy) is 1. The van der Waals surface area contributed by atoms with Crippen molar-refractivity contribution < 1.29 is 9.53 Å². The third-order valence-electron chi connectivity index (χ3n) is 4.01. The largest absolute Gasteiger partial charge is 0.487 e. The van der Waals surface area contributed by atoms with Crippen LogP contribution in [0.4, 0.5) is 0 Å². The molecular formula is C21H18Cl2O2. The van der Waals surface area contributed by atoms with Crippen LogP contribution in [0.25, 0.3) is 0 Å². The van der Waals surface area contributed by atoms with E-state index in [1.54, 1.807) is 24.3 Å². The third kappa shape index (κ3) is 4.75. The Bertz CT molecular complexity index is 853. The van der Waals surface area contributed by atoms with Gasteiger partial charge in [0.15, 0.2) is 5.78 Å². The molecule has 1 aliphatic rings. The molecule has 0 N–H and O–H groups in total. The quantitative estimate of drug-likeness (QED) is 0.661. The second-order valence-corrected chi connectivity index (χ2v) is 6.98. The van der Waals surface area contributed by atoms with E-state index in [4.69, 9.17) is 27.9 Å². The van der Waals surface area contributed by atoms with Crippen LogP contribution in [-0.2, 0) is 17.8 Å². The van der Waals surface area contributed by atoms with Gasteiger partial charge in [0, 0.05) is 23.1 Å². The second-order valence-electron chi connectivity index (χ2n) is 6.13. The summed E-state index contributed by atoms with van der Waals surface area (Å²) in [6.45, 7) is 2.46. The van der Waals surface area contributed by atoms with Crippen LogP contribution in [0.15, 0.2) is 66.3 Å². The van der Waals surface area contributed by atoms with Crippen LogP contribution in [0.2, 0.25) is 10.0 Å². The maximum atomic E-state index is 12.0. The average molecular weight is 373 g/mol. The van der Waals surface area contributed by atoms with Crippen LogP contribution in [0.3, 0.4) is 0 Å². The normalized spacial score (nSPS) is 16.7. The summed E-state index contributed by atoms with van der Waals surface area (Å²) in [5, 5.41) is 1.11. The number of halogens is 2. The van der Waals surface area contributed by atoms with Crippen LogP contribution < -0.4 is 4.74 Å². The lowest BCUT2D eigenvalue weighted by molar-refractivity contribution is -0.111. The molecule has 3 rings (SSSR count). The maximum absolute atomic E-state index is 12.0. The van der Waals surface area contributed by atoms with E-state index in [1.807, 2.05) is 30.4 Å². The highest BCUT2D eigenvalue weighted by atomic mass is 35.5. The Labute approximate surface area is 157 Å². The van der Waals surface area contributed by atoms with Gasteiger partial charge in [0.1, 0.15) is 12.4 Å². The number of allylic oxidation sites excluding steroid dienone is 4. The molecule has 0 heterocycles. The highest BCUT2D eigenvalue weighted by Crippen LogP contribution is 2.28. The monoisotopic (exact) mass is 372 g/mol. The highest BCUT2D eigenvalue weighted by molar-refractivity contribution is 6.34. The smallest absolute Gasteiger partial charge is 0.181 e. The van der Waals surface area contributed by atoms with Gasteiger partial charge in [0.05, 0.1) is 5.02 Å². The molecule has 1 aliphatic carbocycles. The minimum Gasteiger partial charge on any atom is -0.487 e. The molecular weight excluding hydrogens is 355 g/mol. The van der Waals surface area contributed by atoms with Crippen molar-refractivity contribution >= 4 is 29.0 Å². The Morgan fingerprint density at radius 2 is 1.88 bits per heavy atom. The number of carbonyl (C=O) groups is 1. The van der Waals surface area contributed by atoms with Crippen LogP contribution in [0.5, 0.6) is 5.75 Å². The van der Waals surface area contributed by atoms with Gasteiger partial charge in [-0.25, -0.2) is 0 Å². The molecule has 4 heteroatoms. The summed E-state index contributed by atoms with van der Waals surface area (Å²) in [5.74, 6) is 0.943. The molecule has 0 saturated heterocycles. The van der Waals surface area contributed by atoms with Gasteiger partial charge in [-0.2, -0.15) is 0 Å². The first kappa shape index (κ1) is 17.8. The highest BCUT2D eigenvalue weighted by Gasteiger charge is 2.13. The fourth-order valence-electron chi connectivity index (χ4n) is 2.75. The molecule has 0 amide bonds.